The first-order valence-corrected chi connectivity index (χ1v) is 8.17. The van der Waals surface area contributed by atoms with E-state index in [0.717, 1.165) is 23.9 Å². The molecule has 1 saturated carbocycles. The molecule has 0 heterocycles. The highest BCUT2D eigenvalue weighted by atomic mass is 79.9. The average Bonchev–Trinajstić information content (AvgIpc) is 3.27. The van der Waals surface area contributed by atoms with E-state index in [0.29, 0.717) is 17.8 Å². The summed E-state index contributed by atoms with van der Waals surface area (Å²) in [6.07, 6.45) is 2.23. The second kappa shape index (κ2) is 7.27. The van der Waals surface area contributed by atoms with Gasteiger partial charge >= 0.3 is 0 Å². The van der Waals surface area contributed by atoms with Crippen LogP contribution < -0.4 is 10.1 Å². The molecule has 5 heteroatoms. The number of amides is 1. The Bertz CT molecular complexity index is 501. The predicted octanol–water partition coefficient (Wildman–Crippen LogP) is 2.95. The number of nitrogens with zero attached hydrogens (tertiary/aromatic N) is 1. The number of rotatable bonds is 7. The first-order valence-electron chi connectivity index (χ1n) is 7.37. The number of halogens is 1. The highest BCUT2D eigenvalue weighted by Gasteiger charge is 2.29. The third-order valence-corrected chi connectivity index (χ3v) is 4.17. The van der Waals surface area contributed by atoms with Crippen molar-refractivity contribution in [1.29, 1.82) is 0 Å². The maximum absolute atomic E-state index is 11.9. The Labute approximate surface area is 135 Å². The van der Waals surface area contributed by atoms with Crippen LogP contribution in [0.25, 0.3) is 0 Å². The van der Waals surface area contributed by atoms with Gasteiger partial charge in [-0.25, -0.2) is 0 Å². The third-order valence-electron chi connectivity index (χ3n) is 3.55. The van der Waals surface area contributed by atoms with Gasteiger partial charge in [-0.15, -0.1) is 0 Å². The molecule has 0 atom stereocenters. The lowest BCUT2D eigenvalue weighted by Gasteiger charge is -2.17. The highest BCUT2D eigenvalue weighted by molar-refractivity contribution is 9.10. The number of carbonyl (C=O) groups excluding carboxylic acids is 1. The minimum absolute atomic E-state index is 0.0370. The summed E-state index contributed by atoms with van der Waals surface area (Å²) in [5.41, 5.74) is 1.18. The van der Waals surface area contributed by atoms with Crippen LogP contribution in [-0.2, 0) is 11.3 Å². The number of carbonyl (C=O) groups is 1. The lowest BCUT2D eigenvalue weighted by molar-refractivity contribution is -0.132. The lowest BCUT2D eigenvalue weighted by atomic mass is 10.2. The highest BCUT2D eigenvalue weighted by Crippen LogP contribution is 2.27. The number of hydrogen-bond acceptors (Lipinski definition) is 3. The fraction of sp³-hybridized carbons (Fsp3) is 0.562. The number of benzene rings is 1. The maximum Gasteiger partial charge on any atom is 0.260 e. The van der Waals surface area contributed by atoms with E-state index in [1.54, 1.807) is 4.90 Å². The molecule has 2 rings (SSSR count). The van der Waals surface area contributed by atoms with Crippen LogP contribution in [0.1, 0.15) is 32.3 Å². The topological polar surface area (TPSA) is 41.6 Å². The Balaban J connectivity index is 1.86. The van der Waals surface area contributed by atoms with Crippen molar-refractivity contribution in [2.24, 2.45) is 0 Å². The van der Waals surface area contributed by atoms with Gasteiger partial charge in [-0.1, -0.05) is 19.9 Å². The van der Waals surface area contributed by atoms with Crippen LogP contribution >= 0.6 is 15.9 Å². The summed E-state index contributed by atoms with van der Waals surface area (Å²) < 4.78 is 6.50. The quantitative estimate of drug-likeness (QED) is 0.818. The molecule has 1 aromatic carbocycles. The van der Waals surface area contributed by atoms with Gasteiger partial charge in [0.1, 0.15) is 5.75 Å². The van der Waals surface area contributed by atoms with Crippen molar-refractivity contribution in [2.75, 3.05) is 13.7 Å². The van der Waals surface area contributed by atoms with Crippen LogP contribution in [0.15, 0.2) is 22.7 Å². The molecule has 4 nitrogen and oxygen atoms in total. The van der Waals surface area contributed by atoms with Gasteiger partial charge in [-0.2, -0.15) is 0 Å². The molecule has 116 valence electrons. The molecule has 1 amide bonds. The summed E-state index contributed by atoms with van der Waals surface area (Å²) >= 11 is 3.50. The molecular weight excluding hydrogens is 332 g/mol. The molecule has 0 spiro atoms. The van der Waals surface area contributed by atoms with Crippen molar-refractivity contribution in [3.8, 4) is 5.75 Å². The zero-order valence-electron chi connectivity index (χ0n) is 12.9. The normalized spacial score (nSPS) is 14.3. The van der Waals surface area contributed by atoms with Crippen LogP contribution in [0, 0.1) is 0 Å². The predicted molar refractivity (Wildman–Crippen MR) is 87.4 cm³/mol. The molecule has 1 aliphatic carbocycles. The van der Waals surface area contributed by atoms with Crippen molar-refractivity contribution in [1.82, 2.24) is 10.2 Å². The van der Waals surface area contributed by atoms with Gasteiger partial charge in [-0.05, 0) is 46.5 Å². The molecule has 0 unspecified atom stereocenters. The van der Waals surface area contributed by atoms with Crippen LogP contribution in [-0.4, -0.2) is 36.5 Å². The van der Waals surface area contributed by atoms with E-state index in [2.05, 4.69) is 35.1 Å². The Kier molecular flexibility index (Phi) is 5.65. The molecule has 21 heavy (non-hydrogen) atoms. The summed E-state index contributed by atoms with van der Waals surface area (Å²) in [5, 5.41) is 3.37. The Morgan fingerprint density at radius 2 is 2.19 bits per heavy atom. The van der Waals surface area contributed by atoms with Crippen LogP contribution in [0.5, 0.6) is 5.75 Å². The summed E-state index contributed by atoms with van der Waals surface area (Å²) in [5.74, 6) is 0.746. The third kappa shape index (κ3) is 5.00. The van der Waals surface area contributed by atoms with Gasteiger partial charge < -0.3 is 15.0 Å². The molecule has 0 bridgehead atoms. The maximum atomic E-state index is 11.9. The second-order valence-electron chi connectivity index (χ2n) is 5.82. The standard InChI is InChI=1S/C16H23BrN2O2/c1-11(2)18-9-12-4-7-15(14(17)8-12)21-10-16(20)19(3)13-5-6-13/h4,7-8,11,13,18H,5-6,9-10H2,1-3H3. The van der Waals surface area contributed by atoms with Crippen LogP contribution in [0.2, 0.25) is 0 Å². The molecule has 1 aromatic rings. The van der Waals surface area contributed by atoms with Gasteiger partial charge in [-0.3, -0.25) is 4.79 Å². The van der Waals surface area contributed by atoms with E-state index in [4.69, 9.17) is 4.74 Å². The molecule has 0 radical (unpaired) electrons. The van der Waals surface area contributed by atoms with E-state index < -0.39 is 0 Å². The first-order chi connectivity index (χ1) is 9.97. The molecule has 0 aromatic heterocycles. The molecule has 0 aliphatic heterocycles. The van der Waals surface area contributed by atoms with Crippen molar-refractivity contribution < 1.29 is 9.53 Å². The largest absolute Gasteiger partial charge is 0.483 e. The van der Waals surface area contributed by atoms with E-state index in [-0.39, 0.29) is 12.5 Å². The molecule has 1 fully saturated rings. The van der Waals surface area contributed by atoms with Crippen LogP contribution in [0.3, 0.4) is 0 Å². The minimum Gasteiger partial charge on any atom is -0.483 e. The zero-order valence-corrected chi connectivity index (χ0v) is 14.4. The van der Waals surface area contributed by atoms with Crippen molar-refractivity contribution in [3.05, 3.63) is 28.2 Å². The number of hydrogen-bond donors (Lipinski definition) is 1. The smallest absolute Gasteiger partial charge is 0.260 e. The lowest BCUT2D eigenvalue weighted by Crippen LogP contribution is -2.33. The van der Waals surface area contributed by atoms with Gasteiger partial charge in [0.2, 0.25) is 0 Å². The van der Waals surface area contributed by atoms with E-state index in [9.17, 15) is 4.79 Å². The monoisotopic (exact) mass is 354 g/mol. The number of ether oxygens (including phenoxy) is 1. The first kappa shape index (κ1) is 16.3. The van der Waals surface area contributed by atoms with Crippen molar-refractivity contribution in [2.45, 2.75) is 45.3 Å². The summed E-state index contributed by atoms with van der Waals surface area (Å²) in [7, 11) is 1.85. The van der Waals surface area contributed by atoms with Gasteiger partial charge in [0.15, 0.2) is 6.61 Å². The molecular formula is C16H23BrN2O2. The van der Waals surface area contributed by atoms with Gasteiger partial charge in [0, 0.05) is 25.7 Å². The average molecular weight is 355 g/mol. The van der Waals surface area contributed by atoms with Gasteiger partial charge in [0.25, 0.3) is 5.91 Å². The summed E-state index contributed by atoms with van der Waals surface area (Å²) in [6.45, 7) is 5.15. The zero-order chi connectivity index (χ0) is 15.4. The Morgan fingerprint density at radius 1 is 1.48 bits per heavy atom. The fourth-order valence-corrected chi connectivity index (χ4v) is 2.54. The minimum atomic E-state index is 0.0370. The number of likely N-dealkylation sites (N-methyl/N-ethyl adjacent to an activating group) is 1. The molecule has 1 aliphatic rings. The van der Waals surface area contributed by atoms with Gasteiger partial charge in [0.05, 0.1) is 4.47 Å². The second-order valence-corrected chi connectivity index (χ2v) is 6.68. The van der Waals surface area contributed by atoms with Crippen molar-refractivity contribution >= 4 is 21.8 Å². The van der Waals surface area contributed by atoms with E-state index in [1.807, 2.05) is 25.2 Å². The molecule has 0 saturated heterocycles. The van der Waals surface area contributed by atoms with Crippen molar-refractivity contribution in [3.63, 3.8) is 0 Å². The summed E-state index contributed by atoms with van der Waals surface area (Å²) in [4.78, 5) is 13.7. The van der Waals surface area contributed by atoms with Crippen LogP contribution in [0.4, 0.5) is 0 Å². The summed E-state index contributed by atoms with van der Waals surface area (Å²) in [6, 6.07) is 6.83. The number of nitrogens with one attached hydrogen (secondary N) is 1. The molecule has 1 N–H and O–H groups in total. The van der Waals surface area contributed by atoms with E-state index in [1.165, 1.54) is 5.56 Å². The van der Waals surface area contributed by atoms with E-state index >= 15 is 0 Å². The Morgan fingerprint density at radius 3 is 2.76 bits per heavy atom. The SMILES string of the molecule is CC(C)NCc1ccc(OCC(=O)N(C)C2CC2)c(Br)c1. The fourth-order valence-electron chi connectivity index (χ4n) is 2.00. The Hall–Kier alpha value is -1.07.